The number of carbonyl (C=O) groups excluding carboxylic acids is 1. The lowest BCUT2D eigenvalue weighted by Crippen LogP contribution is -2.34. The minimum Gasteiger partial charge on any atom is -0.358 e. The molecule has 3 N–H and O–H groups in total. The normalized spacial score (nSPS) is 16.5. The van der Waals surface area contributed by atoms with Gasteiger partial charge in [0.2, 0.25) is 0 Å². The number of anilines is 1. The third-order valence-corrected chi connectivity index (χ3v) is 5.06. The number of hydrogen-bond acceptors (Lipinski definition) is 2. The first-order valence-electron chi connectivity index (χ1n) is 9.08. The molecule has 0 fully saturated rings. The van der Waals surface area contributed by atoms with Gasteiger partial charge in [0.25, 0.3) is 5.91 Å². The fourth-order valence-electron chi connectivity index (χ4n) is 3.80. The number of carbonyl (C=O) groups is 1. The molecule has 5 heteroatoms. The van der Waals surface area contributed by atoms with E-state index >= 15 is 0 Å². The number of aromatic amines is 1. The highest BCUT2D eigenvalue weighted by molar-refractivity contribution is 6.05. The van der Waals surface area contributed by atoms with Gasteiger partial charge >= 0.3 is 0 Å². The summed E-state index contributed by atoms with van der Waals surface area (Å²) in [5.74, 6) is -0.948. The van der Waals surface area contributed by atoms with Crippen LogP contribution < -0.4 is 10.6 Å². The molecule has 1 atom stereocenters. The molecule has 134 valence electrons. The summed E-state index contributed by atoms with van der Waals surface area (Å²) in [5.41, 5.74) is 4.41. The van der Waals surface area contributed by atoms with Crippen LogP contribution >= 0.6 is 0 Å². The van der Waals surface area contributed by atoms with E-state index in [2.05, 4.69) is 22.5 Å². The zero-order valence-corrected chi connectivity index (χ0v) is 14.7. The van der Waals surface area contributed by atoms with Crippen molar-refractivity contribution in [1.29, 1.82) is 0 Å². The number of likely N-dealkylation sites (N-methyl/N-ethyl adjacent to an activating group) is 1. The zero-order chi connectivity index (χ0) is 18.1. The van der Waals surface area contributed by atoms with E-state index in [0.717, 1.165) is 36.7 Å². The Hall–Kier alpha value is -2.66. The molecule has 1 aliphatic rings. The van der Waals surface area contributed by atoms with E-state index in [0.29, 0.717) is 11.7 Å². The number of benzene rings is 2. The van der Waals surface area contributed by atoms with Gasteiger partial charge in [-0.25, -0.2) is 4.39 Å². The Balaban J connectivity index is 1.63. The predicted molar refractivity (Wildman–Crippen MR) is 102 cm³/mol. The van der Waals surface area contributed by atoms with Gasteiger partial charge in [-0.15, -0.1) is 0 Å². The summed E-state index contributed by atoms with van der Waals surface area (Å²) in [6.45, 7) is 3.09. The zero-order valence-electron chi connectivity index (χ0n) is 14.7. The van der Waals surface area contributed by atoms with Crippen molar-refractivity contribution in [2.75, 3.05) is 11.9 Å². The SMILES string of the molecule is CCNC1CCc2[nH]c3ccc(NC(=O)c4ccccc4F)cc3c2C1. The van der Waals surface area contributed by atoms with Gasteiger partial charge in [-0.05, 0) is 61.7 Å². The van der Waals surface area contributed by atoms with Crippen molar-refractivity contribution >= 4 is 22.5 Å². The maximum atomic E-state index is 13.8. The number of aromatic nitrogens is 1. The predicted octanol–water partition coefficient (Wildman–Crippen LogP) is 4.03. The number of rotatable bonds is 4. The van der Waals surface area contributed by atoms with Crippen LogP contribution in [-0.4, -0.2) is 23.5 Å². The summed E-state index contributed by atoms with van der Waals surface area (Å²) in [5, 5.41) is 7.48. The van der Waals surface area contributed by atoms with Crippen molar-refractivity contribution in [1.82, 2.24) is 10.3 Å². The van der Waals surface area contributed by atoms with E-state index in [-0.39, 0.29) is 5.56 Å². The second-order valence-electron chi connectivity index (χ2n) is 6.77. The van der Waals surface area contributed by atoms with E-state index in [1.807, 2.05) is 18.2 Å². The van der Waals surface area contributed by atoms with Gasteiger partial charge in [-0.2, -0.15) is 0 Å². The molecule has 0 radical (unpaired) electrons. The summed E-state index contributed by atoms with van der Waals surface area (Å²) in [6.07, 6.45) is 3.14. The van der Waals surface area contributed by atoms with Crippen LogP contribution in [0.2, 0.25) is 0 Å². The van der Waals surface area contributed by atoms with Crippen LogP contribution in [0.15, 0.2) is 42.5 Å². The Kier molecular flexibility index (Phi) is 4.47. The Morgan fingerprint density at radius 1 is 1.27 bits per heavy atom. The van der Waals surface area contributed by atoms with E-state index in [1.54, 1.807) is 12.1 Å². The van der Waals surface area contributed by atoms with E-state index in [4.69, 9.17) is 0 Å². The number of amides is 1. The number of aryl methyl sites for hydroxylation is 1. The van der Waals surface area contributed by atoms with Crippen LogP contribution in [0.3, 0.4) is 0 Å². The van der Waals surface area contributed by atoms with E-state index < -0.39 is 11.7 Å². The second kappa shape index (κ2) is 6.92. The number of nitrogens with one attached hydrogen (secondary N) is 3. The molecule has 0 spiro atoms. The molecule has 1 unspecified atom stereocenters. The van der Waals surface area contributed by atoms with Crippen molar-refractivity contribution in [2.24, 2.45) is 0 Å². The highest BCUT2D eigenvalue weighted by atomic mass is 19.1. The molecule has 1 aromatic heterocycles. The van der Waals surface area contributed by atoms with E-state index in [9.17, 15) is 9.18 Å². The summed E-state index contributed by atoms with van der Waals surface area (Å²) < 4.78 is 13.8. The Labute approximate surface area is 151 Å². The van der Waals surface area contributed by atoms with Crippen LogP contribution in [-0.2, 0) is 12.8 Å². The molecule has 1 amide bonds. The molecule has 1 aliphatic carbocycles. The molecule has 1 heterocycles. The summed E-state index contributed by atoms with van der Waals surface area (Å²) in [7, 11) is 0. The van der Waals surface area contributed by atoms with Crippen LogP contribution in [0.25, 0.3) is 10.9 Å². The van der Waals surface area contributed by atoms with Gasteiger partial charge in [-0.3, -0.25) is 4.79 Å². The number of halogens is 1. The minimum absolute atomic E-state index is 0.0518. The lowest BCUT2D eigenvalue weighted by molar-refractivity contribution is 0.102. The van der Waals surface area contributed by atoms with Gasteiger partial charge in [-0.1, -0.05) is 19.1 Å². The number of hydrogen-bond donors (Lipinski definition) is 3. The van der Waals surface area contributed by atoms with Gasteiger partial charge < -0.3 is 15.6 Å². The first kappa shape index (κ1) is 16.8. The molecule has 26 heavy (non-hydrogen) atoms. The molecular weight excluding hydrogens is 329 g/mol. The molecule has 3 aromatic rings. The Bertz CT molecular complexity index is 963. The molecule has 0 saturated heterocycles. The second-order valence-corrected chi connectivity index (χ2v) is 6.77. The largest absolute Gasteiger partial charge is 0.358 e. The van der Waals surface area contributed by atoms with Gasteiger partial charge in [0.15, 0.2) is 0 Å². The van der Waals surface area contributed by atoms with Crippen molar-refractivity contribution < 1.29 is 9.18 Å². The highest BCUT2D eigenvalue weighted by Crippen LogP contribution is 2.31. The molecule has 0 aliphatic heterocycles. The average molecular weight is 351 g/mol. The van der Waals surface area contributed by atoms with Crippen LogP contribution in [0.5, 0.6) is 0 Å². The van der Waals surface area contributed by atoms with Crippen molar-refractivity contribution in [2.45, 2.75) is 32.2 Å². The molecule has 4 rings (SSSR count). The molecule has 4 nitrogen and oxygen atoms in total. The highest BCUT2D eigenvalue weighted by Gasteiger charge is 2.22. The summed E-state index contributed by atoms with van der Waals surface area (Å²) in [4.78, 5) is 15.9. The fraction of sp³-hybridized carbons (Fsp3) is 0.286. The third kappa shape index (κ3) is 3.10. The number of H-pyrrole nitrogens is 1. The Morgan fingerprint density at radius 3 is 2.92 bits per heavy atom. The van der Waals surface area contributed by atoms with Gasteiger partial charge in [0, 0.05) is 28.3 Å². The van der Waals surface area contributed by atoms with Crippen molar-refractivity contribution in [3.8, 4) is 0 Å². The van der Waals surface area contributed by atoms with Crippen molar-refractivity contribution in [3.05, 3.63) is 65.1 Å². The molecule has 0 saturated carbocycles. The van der Waals surface area contributed by atoms with Gasteiger partial charge in [0.1, 0.15) is 5.82 Å². The van der Waals surface area contributed by atoms with Gasteiger partial charge in [0.05, 0.1) is 5.56 Å². The lowest BCUT2D eigenvalue weighted by Gasteiger charge is -2.23. The topological polar surface area (TPSA) is 56.9 Å². The first-order valence-corrected chi connectivity index (χ1v) is 9.08. The standard InChI is InChI=1S/C21H22FN3O/c1-2-23-13-7-9-19-16(11-13)17-12-14(8-10-20(17)25-19)24-21(26)15-5-3-4-6-18(15)22/h3-6,8,10,12-13,23,25H,2,7,9,11H2,1H3,(H,24,26). The maximum absolute atomic E-state index is 13.8. The fourth-order valence-corrected chi connectivity index (χ4v) is 3.80. The summed E-state index contributed by atoms with van der Waals surface area (Å²) in [6, 6.07) is 12.3. The monoisotopic (exact) mass is 351 g/mol. The lowest BCUT2D eigenvalue weighted by atomic mass is 9.91. The molecule has 0 bridgehead atoms. The van der Waals surface area contributed by atoms with Crippen LogP contribution in [0.1, 0.15) is 35.0 Å². The molecule has 2 aromatic carbocycles. The minimum atomic E-state index is -0.515. The number of fused-ring (bicyclic) bond motifs is 3. The first-order chi connectivity index (χ1) is 12.7. The average Bonchev–Trinajstić information content (AvgIpc) is 3.00. The summed E-state index contributed by atoms with van der Waals surface area (Å²) >= 11 is 0. The van der Waals surface area contributed by atoms with Crippen LogP contribution in [0.4, 0.5) is 10.1 Å². The van der Waals surface area contributed by atoms with Crippen molar-refractivity contribution in [3.63, 3.8) is 0 Å². The molecular formula is C21H22FN3O. The third-order valence-electron chi connectivity index (χ3n) is 5.06. The van der Waals surface area contributed by atoms with E-state index in [1.165, 1.54) is 23.4 Å². The smallest absolute Gasteiger partial charge is 0.258 e. The quantitative estimate of drug-likeness (QED) is 0.665. The maximum Gasteiger partial charge on any atom is 0.258 e. The van der Waals surface area contributed by atoms with Crippen LogP contribution in [0, 0.1) is 5.82 Å². The Morgan fingerprint density at radius 2 is 2.12 bits per heavy atom.